The molecule has 9 heteroatoms. The van der Waals surface area contributed by atoms with Gasteiger partial charge in [-0.25, -0.2) is 4.79 Å². The number of ketones is 1. The van der Waals surface area contributed by atoms with E-state index >= 15 is 0 Å². The van der Waals surface area contributed by atoms with Crippen LogP contribution in [-0.2, 0) is 9.59 Å². The summed E-state index contributed by atoms with van der Waals surface area (Å²) in [6.07, 6.45) is 0. The van der Waals surface area contributed by atoms with Crippen LogP contribution in [0.25, 0.3) is 5.70 Å². The van der Waals surface area contributed by atoms with Gasteiger partial charge in [-0.1, -0.05) is 46.3 Å². The Morgan fingerprint density at radius 3 is 2.45 bits per heavy atom. The number of ether oxygens (including phenoxy) is 2. The summed E-state index contributed by atoms with van der Waals surface area (Å²) in [6, 6.07) is 12.3. The molecule has 3 rings (SSSR count). The van der Waals surface area contributed by atoms with Crippen molar-refractivity contribution >= 4 is 50.7 Å². The van der Waals surface area contributed by atoms with Crippen LogP contribution in [0.15, 0.2) is 52.5 Å². The van der Waals surface area contributed by atoms with Gasteiger partial charge in [-0.15, -0.1) is 0 Å². The maximum absolute atomic E-state index is 12.7. The largest absolute Gasteiger partial charge is 0.490 e. The van der Waals surface area contributed by atoms with Crippen molar-refractivity contribution < 1.29 is 24.2 Å². The van der Waals surface area contributed by atoms with Crippen molar-refractivity contribution in [2.75, 3.05) is 13.2 Å². The van der Waals surface area contributed by atoms with Gasteiger partial charge in [0, 0.05) is 10.0 Å². The van der Waals surface area contributed by atoms with E-state index in [1.54, 1.807) is 12.1 Å². The smallest absolute Gasteiger partial charge is 0.341 e. The van der Waals surface area contributed by atoms with Gasteiger partial charge in [-0.3, -0.25) is 4.79 Å². The first-order chi connectivity index (χ1) is 14.8. The molecule has 1 aliphatic rings. The molecule has 2 aromatic rings. The molecule has 1 atom stereocenters. The molecule has 3 N–H and O–H groups in total. The van der Waals surface area contributed by atoms with Crippen molar-refractivity contribution in [3.63, 3.8) is 0 Å². The number of carboxylic acid groups (broad SMARTS) is 1. The fourth-order valence-electron chi connectivity index (χ4n) is 3.30. The number of thiocarbonyl (C=S) groups is 1. The predicted molar refractivity (Wildman–Crippen MR) is 124 cm³/mol. The third kappa shape index (κ3) is 5.23. The second-order valence-corrected chi connectivity index (χ2v) is 7.94. The number of aliphatic carboxylic acids is 1. The average molecular weight is 505 g/mol. The first kappa shape index (κ1) is 22.8. The number of carbonyl (C=O) groups excluding carboxylic acids is 1. The topological polar surface area (TPSA) is 96.9 Å². The van der Waals surface area contributed by atoms with Gasteiger partial charge < -0.3 is 25.2 Å². The average Bonchev–Trinajstić information content (AvgIpc) is 2.73. The fourth-order valence-corrected chi connectivity index (χ4v) is 4.07. The molecule has 1 aliphatic heterocycles. The molecule has 0 spiro atoms. The standard InChI is InChI=1S/C22H21BrN2O5S/c1-3-29-16-9-14(15(23)10-17(16)30-11-18(27)28)21-19(12(2)26)20(24-22(31)25-21)13-7-5-4-6-8-13/h4-10,21H,3,11H2,1-2H3,(H,27,28)(H2,24,25,31)/t21-/m1/s1. The van der Waals surface area contributed by atoms with Crippen LogP contribution in [0.2, 0.25) is 0 Å². The van der Waals surface area contributed by atoms with Gasteiger partial charge in [0.1, 0.15) is 0 Å². The second-order valence-electron chi connectivity index (χ2n) is 6.68. The zero-order valence-electron chi connectivity index (χ0n) is 16.9. The van der Waals surface area contributed by atoms with E-state index in [4.69, 9.17) is 26.8 Å². The highest BCUT2D eigenvalue weighted by Crippen LogP contribution is 2.41. The molecule has 0 saturated carbocycles. The van der Waals surface area contributed by atoms with Crippen LogP contribution in [0.1, 0.15) is 31.0 Å². The zero-order valence-corrected chi connectivity index (χ0v) is 19.3. The lowest BCUT2D eigenvalue weighted by Gasteiger charge is -2.32. The van der Waals surface area contributed by atoms with Crippen molar-refractivity contribution in [2.24, 2.45) is 0 Å². The first-order valence-corrected chi connectivity index (χ1v) is 10.7. The van der Waals surface area contributed by atoms with Gasteiger partial charge in [-0.05, 0) is 49.3 Å². The summed E-state index contributed by atoms with van der Waals surface area (Å²) in [5.41, 5.74) is 2.69. The summed E-state index contributed by atoms with van der Waals surface area (Å²) < 4.78 is 11.7. The van der Waals surface area contributed by atoms with Gasteiger partial charge in [0.05, 0.1) is 18.3 Å². The Kier molecular flexibility index (Phi) is 7.29. The highest BCUT2D eigenvalue weighted by atomic mass is 79.9. The lowest BCUT2D eigenvalue weighted by molar-refractivity contribution is -0.139. The molecular formula is C22H21BrN2O5S. The highest BCUT2D eigenvalue weighted by molar-refractivity contribution is 9.10. The molecule has 2 aromatic carbocycles. The molecule has 0 fully saturated rings. The van der Waals surface area contributed by atoms with Crippen LogP contribution in [0, 0.1) is 0 Å². The van der Waals surface area contributed by atoms with Crippen molar-refractivity contribution in [3.8, 4) is 11.5 Å². The molecule has 1 heterocycles. The normalized spacial score (nSPS) is 15.7. The molecule has 0 radical (unpaired) electrons. The Hall–Kier alpha value is -2.91. The van der Waals surface area contributed by atoms with Crippen LogP contribution >= 0.6 is 28.1 Å². The third-order valence-electron chi connectivity index (χ3n) is 4.54. The number of rotatable bonds is 8. The van der Waals surface area contributed by atoms with E-state index < -0.39 is 18.6 Å². The van der Waals surface area contributed by atoms with E-state index in [0.717, 1.165) is 5.56 Å². The van der Waals surface area contributed by atoms with Crippen molar-refractivity contribution in [3.05, 3.63) is 63.6 Å². The van der Waals surface area contributed by atoms with Crippen LogP contribution in [0.4, 0.5) is 0 Å². The maximum atomic E-state index is 12.7. The minimum atomic E-state index is -1.10. The molecule has 0 bridgehead atoms. The summed E-state index contributed by atoms with van der Waals surface area (Å²) in [7, 11) is 0. The number of carboxylic acids is 1. The summed E-state index contributed by atoms with van der Waals surface area (Å²) in [5.74, 6) is -0.560. The lowest BCUT2D eigenvalue weighted by Crippen LogP contribution is -2.44. The number of halogens is 1. The Bertz CT molecular complexity index is 1060. The number of carbonyl (C=O) groups is 2. The Morgan fingerprint density at radius 1 is 1.16 bits per heavy atom. The second kappa shape index (κ2) is 9.93. The quantitative estimate of drug-likeness (QED) is 0.466. The monoisotopic (exact) mass is 504 g/mol. The SMILES string of the molecule is CCOc1cc([C@H]2NC(=S)NC(c3ccccc3)=C2C(C)=O)c(Br)cc1OCC(=O)O. The molecule has 0 saturated heterocycles. The van der Waals surface area contributed by atoms with Crippen LogP contribution < -0.4 is 20.1 Å². The maximum Gasteiger partial charge on any atom is 0.341 e. The Morgan fingerprint density at radius 2 is 1.84 bits per heavy atom. The van der Waals surface area contributed by atoms with E-state index in [1.165, 1.54) is 6.92 Å². The summed E-state index contributed by atoms with van der Waals surface area (Å²) >= 11 is 8.95. The minimum absolute atomic E-state index is 0.123. The van der Waals surface area contributed by atoms with Crippen LogP contribution in [0.3, 0.4) is 0 Å². The van der Waals surface area contributed by atoms with Gasteiger partial charge >= 0.3 is 5.97 Å². The third-order valence-corrected chi connectivity index (χ3v) is 5.45. The van der Waals surface area contributed by atoms with Gasteiger partial charge in [0.2, 0.25) is 0 Å². The molecule has 31 heavy (non-hydrogen) atoms. The van der Waals surface area contributed by atoms with Gasteiger partial charge in [-0.2, -0.15) is 0 Å². The van der Waals surface area contributed by atoms with Crippen molar-refractivity contribution in [1.82, 2.24) is 10.6 Å². The zero-order chi connectivity index (χ0) is 22.5. The van der Waals surface area contributed by atoms with Crippen LogP contribution in [-0.4, -0.2) is 35.2 Å². The van der Waals surface area contributed by atoms with Gasteiger partial charge in [0.25, 0.3) is 0 Å². The number of nitrogens with one attached hydrogen (secondary N) is 2. The molecule has 0 unspecified atom stereocenters. The predicted octanol–water partition coefficient (Wildman–Crippen LogP) is 3.83. The lowest BCUT2D eigenvalue weighted by atomic mass is 9.90. The number of hydrogen-bond donors (Lipinski definition) is 3. The minimum Gasteiger partial charge on any atom is -0.490 e. The molecule has 0 aliphatic carbocycles. The highest BCUT2D eigenvalue weighted by Gasteiger charge is 2.32. The van der Waals surface area contributed by atoms with Crippen LogP contribution in [0.5, 0.6) is 11.5 Å². The molecule has 162 valence electrons. The van der Waals surface area contributed by atoms with E-state index in [9.17, 15) is 9.59 Å². The van der Waals surface area contributed by atoms with Crippen molar-refractivity contribution in [1.29, 1.82) is 0 Å². The molecule has 7 nitrogen and oxygen atoms in total. The molecular weight excluding hydrogens is 484 g/mol. The van der Waals surface area contributed by atoms with E-state index in [-0.39, 0.29) is 11.5 Å². The summed E-state index contributed by atoms with van der Waals surface area (Å²) in [4.78, 5) is 23.6. The molecule has 0 aromatic heterocycles. The summed E-state index contributed by atoms with van der Waals surface area (Å²) in [5, 5.41) is 15.6. The Balaban J connectivity index is 2.14. The summed E-state index contributed by atoms with van der Waals surface area (Å²) in [6.45, 7) is 3.17. The van der Waals surface area contributed by atoms with E-state index in [2.05, 4.69) is 26.6 Å². The number of Topliss-reactive ketones (excluding diaryl/α,β-unsaturated/α-hetero) is 1. The molecule has 0 amide bonds. The Labute approximate surface area is 193 Å². The number of hydrogen-bond acceptors (Lipinski definition) is 5. The van der Waals surface area contributed by atoms with Crippen molar-refractivity contribution in [2.45, 2.75) is 19.9 Å². The van der Waals surface area contributed by atoms with E-state index in [1.807, 2.05) is 37.3 Å². The number of benzene rings is 2. The van der Waals surface area contributed by atoms with Gasteiger partial charge in [0.15, 0.2) is 29.0 Å². The van der Waals surface area contributed by atoms with E-state index in [0.29, 0.717) is 38.8 Å². The fraction of sp³-hybridized carbons (Fsp3) is 0.227. The first-order valence-electron chi connectivity index (χ1n) is 9.50.